The average Bonchev–Trinajstić information content (AvgIpc) is 2.47. The van der Waals surface area contributed by atoms with Gasteiger partial charge in [-0.15, -0.1) is 0 Å². The van der Waals surface area contributed by atoms with Crippen molar-refractivity contribution in [1.82, 2.24) is 0 Å². The van der Waals surface area contributed by atoms with Crippen LogP contribution in [0.3, 0.4) is 0 Å². The first kappa shape index (κ1) is 16.0. The number of methoxy groups -OCH3 is 2. The summed E-state index contributed by atoms with van der Waals surface area (Å²) in [5.41, 5.74) is 1.23. The van der Waals surface area contributed by atoms with Gasteiger partial charge in [0.05, 0.1) is 14.2 Å². The lowest BCUT2D eigenvalue weighted by Crippen LogP contribution is -2.26. The molecule has 1 aliphatic carbocycles. The summed E-state index contributed by atoms with van der Waals surface area (Å²) in [5, 5.41) is 10.1. The largest absolute Gasteiger partial charge is 0.502 e. The fourth-order valence-corrected chi connectivity index (χ4v) is 3.71. The van der Waals surface area contributed by atoms with Crippen molar-refractivity contribution >= 4 is 0 Å². The van der Waals surface area contributed by atoms with Crippen LogP contribution in [0.5, 0.6) is 17.2 Å². The summed E-state index contributed by atoms with van der Waals surface area (Å²) in [5.74, 6) is 3.70. The molecule has 1 fully saturated rings. The van der Waals surface area contributed by atoms with E-state index in [1.807, 2.05) is 12.1 Å². The molecule has 1 aliphatic rings. The molecule has 3 atom stereocenters. The maximum absolute atomic E-state index is 10.1. The predicted octanol–water partition coefficient (Wildman–Crippen LogP) is 4.59. The number of phenolic OH excluding ortho intramolecular Hbond substituents is 1. The molecule has 0 radical (unpaired) electrons. The molecule has 3 nitrogen and oxygen atoms in total. The third-order valence-corrected chi connectivity index (χ3v) is 4.95. The van der Waals surface area contributed by atoms with Gasteiger partial charge in [0, 0.05) is 0 Å². The van der Waals surface area contributed by atoms with Gasteiger partial charge in [0.2, 0.25) is 5.75 Å². The van der Waals surface area contributed by atoms with E-state index in [9.17, 15) is 5.11 Å². The smallest absolute Gasteiger partial charge is 0.200 e. The van der Waals surface area contributed by atoms with Gasteiger partial charge in [0.25, 0.3) is 0 Å². The SMILES string of the molecule is COc1cc([C@@H]2C[C@H](C)CC[C@H]2C(C)C)cc(OC)c1O. The van der Waals surface area contributed by atoms with Crippen LogP contribution in [0.25, 0.3) is 0 Å². The Bertz CT molecular complexity index is 456. The lowest BCUT2D eigenvalue weighted by molar-refractivity contribution is 0.196. The Balaban J connectivity index is 2.42. The lowest BCUT2D eigenvalue weighted by atomic mass is 9.67. The quantitative estimate of drug-likeness (QED) is 0.882. The Kier molecular flexibility index (Phi) is 5.02. The fourth-order valence-electron chi connectivity index (χ4n) is 3.71. The first-order valence-corrected chi connectivity index (χ1v) is 7.92. The van der Waals surface area contributed by atoms with Gasteiger partial charge in [0.1, 0.15) is 0 Å². The van der Waals surface area contributed by atoms with Gasteiger partial charge in [-0.25, -0.2) is 0 Å². The number of phenols is 1. The monoisotopic (exact) mass is 292 g/mol. The van der Waals surface area contributed by atoms with Crippen molar-refractivity contribution in [2.24, 2.45) is 17.8 Å². The minimum Gasteiger partial charge on any atom is -0.502 e. The van der Waals surface area contributed by atoms with Crippen LogP contribution in [0.15, 0.2) is 12.1 Å². The highest BCUT2D eigenvalue weighted by atomic mass is 16.5. The molecule has 0 spiro atoms. The van der Waals surface area contributed by atoms with Gasteiger partial charge in [-0.05, 0) is 54.2 Å². The lowest BCUT2D eigenvalue weighted by Gasteiger charge is -2.38. The Morgan fingerprint density at radius 3 is 2.14 bits per heavy atom. The molecule has 1 aromatic rings. The third-order valence-electron chi connectivity index (χ3n) is 4.95. The summed E-state index contributed by atoms with van der Waals surface area (Å²) >= 11 is 0. The van der Waals surface area contributed by atoms with E-state index in [0.29, 0.717) is 29.3 Å². The Morgan fingerprint density at radius 1 is 1.10 bits per heavy atom. The Hall–Kier alpha value is -1.38. The normalized spacial score (nSPS) is 25.9. The summed E-state index contributed by atoms with van der Waals surface area (Å²) in [6, 6.07) is 3.96. The summed E-state index contributed by atoms with van der Waals surface area (Å²) < 4.78 is 10.6. The van der Waals surface area contributed by atoms with Crippen LogP contribution in [0.1, 0.15) is 51.5 Å². The molecule has 0 heterocycles. The molecule has 0 aliphatic heterocycles. The predicted molar refractivity (Wildman–Crippen MR) is 85.3 cm³/mol. The van der Waals surface area contributed by atoms with Gasteiger partial charge in [-0.1, -0.05) is 27.2 Å². The molecule has 118 valence electrons. The van der Waals surface area contributed by atoms with Crippen molar-refractivity contribution in [3.05, 3.63) is 17.7 Å². The van der Waals surface area contributed by atoms with E-state index in [1.54, 1.807) is 14.2 Å². The molecule has 21 heavy (non-hydrogen) atoms. The molecule has 0 amide bonds. The summed E-state index contributed by atoms with van der Waals surface area (Å²) in [7, 11) is 3.17. The minimum atomic E-state index is 0.0914. The highest BCUT2D eigenvalue weighted by Gasteiger charge is 2.32. The maximum Gasteiger partial charge on any atom is 0.200 e. The summed E-state index contributed by atoms with van der Waals surface area (Å²) in [6.45, 7) is 6.95. The van der Waals surface area contributed by atoms with Crippen LogP contribution in [0.4, 0.5) is 0 Å². The zero-order chi connectivity index (χ0) is 15.6. The highest BCUT2D eigenvalue weighted by molar-refractivity contribution is 5.53. The molecule has 0 bridgehead atoms. The van der Waals surface area contributed by atoms with E-state index in [0.717, 1.165) is 5.92 Å². The first-order valence-electron chi connectivity index (χ1n) is 7.92. The average molecular weight is 292 g/mol. The van der Waals surface area contributed by atoms with Gasteiger partial charge < -0.3 is 14.6 Å². The number of benzene rings is 1. The van der Waals surface area contributed by atoms with Gasteiger partial charge >= 0.3 is 0 Å². The zero-order valence-corrected chi connectivity index (χ0v) is 13.8. The molecular formula is C18H28O3. The Labute approximate surface area is 128 Å². The minimum absolute atomic E-state index is 0.0914. The van der Waals surface area contributed by atoms with Gasteiger partial charge in [-0.3, -0.25) is 0 Å². The second kappa shape index (κ2) is 6.59. The van der Waals surface area contributed by atoms with Crippen molar-refractivity contribution < 1.29 is 14.6 Å². The number of hydrogen-bond donors (Lipinski definition) is 1. The van der Waals surface area contributed by atoms with E-state index in [1.165, 1.54) is 24.8 Å². The molecule has 1 N–H and O–H groups in total. The van der Waals surface area contributed by atoms with E-state index < -0.39 is 0 Å². The van der Waals surface area contributed by atoms with E-state index in [-0.39, 0.29) is 5.75 Å². The van der Waals surface area contributed by atoms with Crippen LogP contribution in [-0.2, 0) is 0 Å². The highest BCUT2D eigenvalue weighted by Crippen LogP contribution is 2.47. The number of ether oxygens (including phenoxy) is 2. The third kappa shape index (κ3) is 3.28. The molecule has 1 saturated carbocycles. The van der Waals surface area contributed by atoms with Crippen LogP contribution in [0.2, 0.25) is 0 Å². The van der Waals surface area contributed by atoms with E-state index in [4.69, 9.17) is 9.47 Å². The van der Waals surface area contributed by atoms with Crippen LogP contribution in [0, 0.1) is 17.8 Å². The standard InChI is InChI=1S/C18H28O3/c1-11(2)14-7-6-12(3)8-15(14)13-9-16(20-4)18(19)17(10-13)21-5/h9-12,14-15,19H,6-8H2,1-5H3/t12-,14+,15+/m1/s1. The molecule has 3 heteroatoms. The maximum atomic E-state index is 10.1. The van der Waals surface area contributed by atoms with Crippen LogP contribution in [-0.4, -0.2) is 19.3 Å². The molecule has 0 unspecified atom stereocenters. The van der Waals surface area contributed by atoms with Crippen LogP contribution >= 0.6 is 0 Å². The van der Waals surface area contributed by atoms with Crippen molar-refractivity contribution in [2.75, 3.05) is 14.2 Å². The molecule has 0 aromatic heterocycles. The van der Waals surface area contributed by atoms with E-state index >= 15 is 0 Å². The van der Waals surface area contributed by atoms with Crippen molar-refractivity contribution in [3.8, 4) is 17.2 Å². The molecule has 1 aromatic carbocycles. The fraction of sp³-hybridized carbons (Fsp3) is 0.667. The van der Waals surface area contributed by atoms with Gasteiger partial charge in [0.15, 0.2) is 11.5 Å². The summed E-state index contributed by atoms with van der Waals surface area (Å²) in [4.78, 5) is 0. The number of rotatable bonds is 4. The summed E-state index contributed by atoms with van der Waals surface area (Å²) in [6.07, 6.45) is 3.78. The van der Waals surface area contributed by atoms with Crippen LogP contribution < -0.4 is 9.47 Å². The second-order valence-electron chi connectivity index (χ2n) is 6.71. The molecular weight excluding hydrogens is 264 g/mol. The van der Waals surface area contributed by atoms with Gasteiger partial charge in [-0.2, -0.15) is 0 Å². The van der Waals surface area contributed by atoms with Crippen molar-refractivity contribution in [1.29, 1.82) is 0 Å². The number of hydrogen-bond acceptors (Lipinski definition) is 3. The van der Waals surface area contributed by atoms with Crippen molar-refractivity contribution in [3.63, 3.8) is 0 Å². The number of aromatic hydroxyl groups is 1. The molecule has 0 saturated heterocycles. The Morgan fingerprint density at radius 2 is 1.67 bits per heavy atom. The molecule has 2 rings (SSSR count). The second-order valence-corrected chi connectivity index (χ2v) is 6.71. The van der Waals surface area contributed by atoms with E-state index in [2.05, 4.69) is 20.8 Å². The zero-order valence-electron chi connectivity index (χ0n) is 13.8. The van der Waals surface area contributed by atoms with Crippen molar-refractivity contribution in [2.45, 2.75) is 46.0 Å². The topological polar surface area (TPSA) is 38.7 Å². The first-order chi connectivity index (χ1) is 9.97.